The number of amides is 2. The number of urea groups is 1. The van der Waals surface area contributed by atoms with Crippen LogP contribution in [0.4, 0.5) is 10.5 Å². The molecule has 1 aromatic carbocycles. The molecular weight excluding hydrogens is 274 g/mol. The lowest BCUT2D eigenvalue weighted by molar-refractivity contribution is -0.139. The van der Waals surface area contributed by atoms with Gasteiger partial charge in [0, 0.05) is 20.1 Å². The van der Waals surface area contributed by atoms with Crippen molar-refractivity contribution in [2.24, 2.45) is 0 Å². The Morgan fingerprint density at radius 1 is 1.19 bits per heavy atom. The van der Waals surface area contributed by atoms with Gasteiger partial charge in [0.25, 0.3) is 0 Å². The summed E-state index contributed by atoms with van der Waals surface area (Å²) in [4.78, 5) is 26.1. The van der Waals surface area contributed by atoms with Crippen molar-refractivity contribution in [2.45, 2.75) is 0 Å². The molecule has 0 radical (unpaired) electrons. The number of ether oxygens (including phenoxy) is 1. The summed E-state index contributed by atoms with van der Waals surface area (Å²) in [6.07, 6.45) is 0. The summed E-state index contributed by atoms with van der Waals surface area (Å²) in [5, 5.41) is 11.3. The molecule has 0 saturated carbocycles. The van der Waals surface area contributed by atoms with Crippen LogP contribution in [0.5, 0.6) is 5.75 Å². The van der Waals surface area contributed by atoms with Gasteiger partial charge in [-0.05, 0) is 26.2 Å². The summed E-state index contributed by atoms with van der Waals surface area (Å²) >= 11 is 0. The molecule has 1 rings (SSSR count). The van der Waals surface area contributed by atoms with Crippen LogP contribution in [0.3, 0.4) is 0 Å². The maximum atomic E-state index is 12.0. The average molecular weight is 295 g/mol. The Balaban J connectivity index is 2.64. The van der Waals surface area contributed by atoms with Crippen molar-refractivity contribution < 1.29 is 19.4 Å². The molecule has 0 aliphatic heterocycles. The van der Waals surface area contributed by atoms with Gasteiger partial charge in [-0.25, -0.2) is 9.59 Å². The molecule has 0 atom stereocenters. The van der Waals surface area contributed by atoms with Crippen molar-refractivity contribution in [2.75, 3.05) is 46.2 Å². The van der Waals surface area contributed by atoms with Crippen LogP contribution in [0.25, 0.3) is 0 Å². The summed E-state index contributed by atoms with van der Waals surface area (Å²) < 4.78 is 5.14. The molecule has 0 heterocycles. The highest BCUT2D eigenvalue weighted by molar-refractivity contribution is 5.90. The lowest BCUT2D eigenvalue weighted by atomic mass is 10.3. The molecule has 21 heavy (non-hydrogen) atoms. The lowest BCUT2D eigenvalue weighted by Crippen LogP contribution is -2.36. The average Bonchev–Trinajstić information content (AvgIpc) is 2.43. The van der Waals surface area contributed by atoms with Crippen LogP contribution < -0.4 is 10.1 Å². The van der Waals surface area contributed by atoms with Crippen molar-refractivity contribution in [1.29, 1.82) is 0 Å². The Morgan fingerprint density at radius 2 is 1.86 bits per heavy atom. The molecule has 0 aliphatic carbocycles. The van der Waals surface area contributed by atoms with E-state index in [0.717, 1.165) is 6.54 Å². The SMILES string of the molecule is CN(C)CCN(C)C(=O)Nc1ccccc1OCC(=O)O. The molecule has 0 unspecified atom stereocenters. The third-order valence-corrected chi connectivity index (χ3v) is 2.71. The molecule has 0 fully saturated rings. The number of carbonyl (C=O) groups excluding carboxylic acids is 1. The van der Waals surface area contributed by atoms with Gasteiger partial charge in [0.15, 0.2) is 6.61 Å². The molecule has 0 bridgehead atoms. The van der Waals surface area contributed by atoms with E-state index in [2.05, 4.69) is 5.32 Å². The molecule has 7 nitrogen and oxygen atoms in total. The highest BCUT2D eigenvalue weighted by Crippen LogP contribution is 2.23. The molecule has 7 heteroatoms. The number of benzene rings is 1. The minimum absolute atomic E-state index is 0.275. The van der Waals surface area contributed by atoms with Gasteiger partial charge in [-0.2, -0.15) is 0 Å². The number of nitrogens with zero attached hydrogens (tertiary/aromatic N) is 2. The lowest BCUT2D eigenvalue weighted by Gasteiger charge is -2.21. The van der Waals surface area contributed by atoms with Gasteiger partial charge in [-0.15, -0.1) is 0 Å². The normalized spacial score (nSPS) is 10.3. The molecule has 0 aliphatic rings. The summed E-state index contributed by atoms with van der Waals surface area (Å²) in [6.45, 7) is 0.876. The van der Waals surface area contributed by atoms with Crippen molar-refractivity contribution in [3.8, 4) is 5.75 Å². The summed E-state index contributed by atoms with van der Waals surface area (Å²) in [5.41, 5.74) is 0.445. The van der Waals surface area contributed by atoms with E-state index in [-0.39, 0.29) is 6.03 Å². The standard InChI is InChI=1S/C14H21N3O4/c1-16(2)8-9-17(3)14(20)15-11-6-4-5-7-12(11)21-10-13(18)19/h4-7H,8-10H2,1-3H3,(H,15,20)(H,18,19). The number of nitrogens with one attached hydrogen (secondary N) is 1. The number of carbonyl (C=O) groups is 2. The van der Waals surface area contributed by atoms with E-state index < -0.39 is 12.6 Å². The van der Waals surface area contributed by atoms with Crippen LogP contribution in [-0.2, 0) is 4.79 Å². The van der Waals surface area contributed by atoms with Crippen molar-refractivity contribution in [3.05, 3.63) is 24.3 Å². The van der Waals surface area contributed by atoms with Gasteiger partial charge in [0.1, 0.15) is 5.75 Å². The molecule has 2 amide bonds. The first-order valence-corrected chi connectivity index (χ1v) is 6.50. The van der Waals surface area contributed by atoms with Gasteiger partial charge in [-0.1, -0.05) is 12.1 Å². The number of hydrogen-bond donors (Lipinski definition) is 2. The summed E-state index contributed by atoms with van der Waals surface area (Å²) in [7, 11) is 5.56. The molecule has 2 N–H and O–H groups in total. The second kappa shape index (κ2) is 8.11. The predicted octanol–water partition coefficient (Wildman–Crippen LogP) is 1.18. The monoisotopic (exact) mass is 295 g/mol. The Morgan fingerprint density at radius 3 is 2.48 bits per heavy atom. The number of carboxylic acid groups (broad SMARTS) is 1. The number of hydrogen-bond acceptors (Lipinski definition) is 4. The first-order chi connectivity index (χ1) is 9.90. The number of likely N-dealkylation sites (N-methyl/N-ethyl adjacent to an activating group) is 2. The Hall–Kier alpha value is -2.28. The van der Waals surface area contributed by atoms with E-state index in [1.807, 2.05) is 19.0 Å². The van der Waals surface area contributed by atoms with Crippen molar-refractivity contribution >= 4 is 17.7 Å². The van der Waals surface area contributed by atoms with Gasteiger partial charge < -0.3 is 25.0 Å². The van der Waals surface area contributed by atoms with E-state index in [1.54, 1.807) is 36.2 Å². The Kier molecular flexibility index (Phi) is 6.48. The number of para-hydroxylation sites is 2. The molecule has 0 aromatic heterocycles. The van der Waals surface area contributed by atoms with Crippen LogP contribution in [-0.4, -0.2) is 67.7 Å². The van der Waals surface area contributed by atoms with E-state index in [9.17, 15) is 9.59 Å². The zero-order valence-corrected chi connectivity index (χ0v) is 12.5. The predicted molar refractivity (Wildman–Crippen MR) is 79.8 cm³/mol. The third kappa shape index (κ3) is 6.13. The first-order valence-electron chi connectivity index (χ1n) is 6.50. The summed E-state index contributed by atoms with van der Waals surface area (Å²) in [6, 6.07) is 6.45. The van der Waals surface area contributed by atoms with Crippen molar-refractivity contribution in [3.63, 3.8) is 0 Å². The van der Waals surface area contributed by atoms with Gasteiger partial charge in [0.2, 0.25) is 0 Å². The van der Waals surface area contributed by atoms with Crippen LogP contribution in [0.1, 0.15) is 0 Å². The molecule has 116 valence electrons. The van der Waals surface area contributed by atoms with Crippen LogP contribution in [0.15, 0.2) is 24.3 Å². The number of aliphatic carboxylic acids is 1. The highest BCUT2D eigenvalue weighted by atomic mass is 16.5. The number of rotatable bonds is 7. The van der Waals surface area contributed by atoms with Gasteiger partial charge in [0.05, 0.1) is 5.69 Å². The van der Waals surface area contributed by atoms with Gasteiger partial charge in [-0.3, -0.25) is 0 Å². The van der Waals surface area contributed by atoms with E-state index in [1.165, 1.54) is 0 Å². The van der Waals surface area contributed by atoms with Crippen LogP contribution in [0.2, 0.25) is 0 Å². The second-order valence-corrected chi connectivity index (χ2v) is 4.83. The quantitative estimate of drug-likeness (QED) is 0.789. The van der Waals surface area contributed by atoms with E-state index >= 15 is 0 Å². The minimum atomic E-state index is -1.07. The first kappa shape index (κ1) is 16.8. The molecule has 0 spiro atoms. The van der Waals surface area contributed by atoms with Crippen LogP contribution >= 0.6 is 0 Å². The van der Waals surface area contributed by atoms with Crippen LogP contribution in [0, 0.1) is 0 Å². The number of anilines is 1. The molecule has 1 aromatic rings. The third-order valence-electron chi connectivity index (χ3n) is 2.71. The fourth-order valence-corrected chi connectivity index (χ4v) is 1.50. The Bertz CT molecular complexity index is 491. The van der Waals surface area contributed by atoms with E-state index in [0.29, 0.717) is 18.0 Å². The topological polar surface area (TPSA) is 82.1 Å². The number of carboxylic acids is 1. The Labute approximate surface area is 124 Å². The fraction of sp³-hybridized carbons (Fsp3) is 0.429. The maximum Gasteiger partial charge on any atom is 0.341 e. The molecule has 0 saturated heterocycles. The second-order valence-electron chi connectivity index (χ2n) is 4.83. The fourth-order valence-electron chi connectivity index (χ4n) is 1.50. The maximum absolute atomic E-state index is 12.0. The highest BCUT2D eigenvalue weighted by Gasteiger charge is 2.12. The largest absolute Gasteiger partial charge is 0.480 e. The van der Waals surface area contributed by atoms with Crippen molar-refractivity contribution in [1.82, 2.24) is 9.80 Å². The smallest absolute Gasteiger partial charge is 0.341 e. The van der Waals surface area contributed by atoms with E-state index in [4.69, 9.17) is 9.84 Å². The summed E-state index contributed by atoms with van der Waals surface area (Å²) in [5.74, 6) is -0.742. The van der Waals surface area contributed by atoms with Gasteiger partial charge >= 0.3 is 12.0 Å². The zero-order chi connectivity index (χ0) is 15.8. The molecular formula is C14H21N3O4. The zero-order valence-electron chi connectivity index (χ0n) is 12.5. The minimum Gasteiger partial charge on any atom is -0.480 e.